The summed E-state index contributed by atoms with van der Waals surface area (Å²) < 4.78 is 6.75. The van der Waals surface area contributed by atoms with Crippen LogP contribution < -0.4 is 16.2 Å². The Hall–Kier alpha value is -3.01. The topological polar surface area (TPSA) is 106 Å². The van der Waals surface area contributed by atoms with Crippen LogP contribution in [0.1, 0.15) is 40.3 Å². The first-order chi connectivity index (χ1) is 15.0. The second kappa shape index (κ2) is 9.01. The number of anilines is 1. The number of nitrogens with one attached hydrogen (secondary N) is 3. The van der Waals surface area contributed by atoms with E-state index in [2.05, 4.69) is 31.2 Å². The second-order valence-electron chi connectivity index (χ2n) is 7.18. The summed E-state index contributed by atoms with van der Waals surface area (Å²) in [4.78, 5) is 20.9. The Kier molecular flexibility index (Phi) is 6.17. The van der Waals surface area contributed by atoms with Gasteiger partial charge in [-0.2, -0.15) is 5.10 Å². The van der Waals surface area contributed by atoms with Crippen molar-refractivity contribution in [2.24, 2.45) is 0 Å². The monoisotopic (exact) mass is 441 g/mol. The van der Waals surface area contributed by atoms with E-state index >= 15 is 0 Å². The SMILES string of the molecule is CCOC(=O)c1c(C)nn(-c2cc(NC3NNC(c4ccccc4)C3Cl)ncn2)c1C. The molecule has 1 saturated heterocycles. The summed E-state index contributed by atoms with van der Waals surface area (Å²) in [7, 11) is 0. The van der Waals surface area contributed by atoms with Crippen LogP contribution >= 0.6 is 11.6 Å². The summed E-state index contributed by atoms with van der Waals surface area (Å²) in [5.41, 5.74) is 9.18. The molecule has 0 spiro atoms. The van der Waals surface area contributed by atoms with E-state index < -0.39 is 5.97 Å². The highest BCUT2D eigenvalue weighted by atomic mass is 35.5. The molecule has 1 aliphatic heterocycles. The van der Waals surface area contributed by atoms with Gasteiger partial charge in [-0.05, 0) is 26.3 Å². The van der Waals surface area contributed by atoms with Gasteiger partial charge in [0.1, 0.15) is 23.9 Å². The minimum absolute atomic E-state index is 0.0511. The lowest BCUT2D eigenvalue weighted by Gasteiger charge is -2.18. The lowest BCUT2D eigenvalue weighted by molar-refractivity contribution is 0.0524. The van der Waals surface area contributed by atoms with Crippen LogP contribution in [0.25, 0.3) is 5.82 Å². The van der Waals surface area contributed by atoms with Gasteiger partial charge in [0.15, 0.2) is 5.82 Å². The predicted molar refractivity (Wildman–Crippen MR) is 117 cm³/mol. The van der Waals surface area contributed by atoms with Gasteiger partial charge in [-0.3, -0.25) is 0 Å². The molecule has 1 fully saturated rings. The molecular formula is C21H24ClN7O2. The number of ether oxygens (including phenoxy) is 1. The molecule has 0 aliphatic carbocycles. The zero-order valence-electron chi connectivity index (χ0n) is 17.5. The van der Waals surface area contributed by atoms with Crippen LogP contribution in [0.5, 0.6) is 0 Å². The molecule has 9 nitrogen and oxygen atoms in total. The zero-order valence-corrected chi connectivity index (χ0v) is 18.2. The summed E-state index contributed by atoms with van der Waals surface area (Å²) >= 11 is 6.70. The number of carbonyl (C=O) groups excluding carboxylic acids is 1. The Balaban J connectivity index is 1.54. The smallest absolute Gasteiger partial charge is 0.341 e. The molecule has 3 aromatic rings. The lowest BCUT2D eigenvalue weighted by atomic mass is 10.0. The van der Waals surface area contributed by atoms with Gasteiger partial charge in [0.05, 0.1) is 29.4 Å². The van der Waals surface area contributed by atoms with E-state index in [0.29, 0.717) is 35.2 Å². The van der Waals surface area contributed by atoms with Gasteiger partial charge in [-0.15, -0.1) is 11.6 Å². The number of benzene rings is 1. The minimum atomic E-state index is -0.394. The van der Waals surface area contributed by atoms with Crippen LogP contribution in [0.4, 0.5) is 5.82 Å². The second-order valence-corrected chi connectivity index (χ2v) is 7.69. The fourth-order valence-corrected chi connectivity index (χ4v) is 3.97. The Morgan fingerprint density at radius 1 is 1.23 bits per heavy atom. The van der Waals surface area contributed by atoms with Gasteiger partial charge < -0.3 is 10.1 Å². The highest BCUT2D eigenvalue weighted by Gasteiger charge is 2.35. The van der Waals surface area contributed by atoms with Crippen molar-refractivity contribution < 1.29 is 9.53 Å². The van der Waals surface area contributed by atoms with Crippen LogP contribution in [0, 0.1) is 13.8 Å². The molecule has 3 N–H and O–H groups in total. The molecular weight excluding hydrogens is 418 g/mol. The average molecular weight is 442 g/mol. The third kappa shape index (κ3) is 4.25. The lowest BCUT2D eigenvalue weighted by Crippen LogP contribution is -2.38. The van der Waals surface area contributed by atoms with Gasteiger partial charge >= 0.3 is 5.97 Å². The maximum Gasteiger partial charge on any atom is 0.341 e. The van der Waals surface area contributed by atoms with Crippen LogP contribution in [0.15, 0.2) is 42.7 Å². The Bertz CT molecular complexity index is 1070. The average Bonchev–Trinajstić information content (AvgIpc) is 3.28. The largest absolute Gasteiger partial charge is 0.462 e. The molecule has 0 radical (unpaired) electrons. The van der Waals surface area contributed by atoms with E-state index in [1.807, 2.05) is 37.3 Å². The number of alkyl halides is 1. The van der Waals surface area contributed by atoms with Crippen molar-refractivity contribution in [2.75, 3.05) is 11.9 Å². The van der Waals surface area contributed by atoms with Crippen molar-refractivity contribution in [1.82, 2.24) is 30.6 Å². The van der Waals surface area contributed by atoms with Crippen LogP contribution in [-0.2, 0) is 4.74 Å². The molecule has 0 amide bonds. The van der Waals surface area contributed by atoms with Gasteiger partial charge in [-0.1, -0.05) is 30.3 Å². The van der Waals surface area contributed by atoms with E-state index in [1.54, 1.807) is 24.6 Å². The number of carbonyl (C=O) groups is 1. The Labute approximate surface area is 185 Å². The zero-order chi connectivity index (χ0) is 22.0. The van der Waals surface area contributed by atoms with Crippen molar-refractivity contribution in [3.63, 3.8) is 0 Å². The van der Waals surface area contributed by atoms with E-state index in [1.165, 1.54) is 6.33 Å². The maximum absolute atomic E-state index is 12.3. The van der Waals surface area contributed by atoms with E-state index in [0.717, 1.165) is 5.56 Å². The minimum Gasteiger partial charge on any atom is -0.462 e. The van der Waals surface area contributed by atoms with Gasteiger partial charge in [0, 0.05) is 6.07 Å². The summed E-state index contributed by atoms with van der Waals surface area (Å²) in [6, 6.07) is 11.7. The maximum atomic E-state index is 12.3. The fraction of sp³-hybridized carbons (Fsp3) is 0.333. The van der Waals surface area contributed by atoms with E-state index in [4.69, 9.17) is 16.3 Å². The number of rotatable bonds is 6. The fourth-order valence-electron chi connectivity index (χ4n) is 3.64. The molecule has 162 valence electrons. The van der Waals surface area contributed by atoms with Crippen LogP contribution in [-0.4, -0.2) is 43.9 Å². The normalized spacial score (nSPS) is 20.6. The first-order valence-electron chi connectivity index (χ1n) is 10.0. The van der Waals surface area contributed by atoms with Crippen LogP contribution in [0.2, 0.25) is 0 Å². The molecule has 0 bridgehead atoms. The first-order valence-corrected chi connectivity index (χ1v) is 10.5. The molecule has 1 aliphatic rings. The standard InChI is InChI=1S/C21H24ClN7O2/c1-4-31-21(30)17-12(2)28-29(13(17)3)16-10-15(23-11-24-16)25-20-18(22)19(26-27-20)14-8-6-5-7-9-14/h5-11,18-20,26-27H,4H2,1-3H3,(H,23,24,25). The number of halogens is 1. The molecule has 3 heterocycles. The number of hydrogen-bond acceptors (Lipinski definition) is 8. The van der Waals surface area contributed by atoms with Crippen molar-refractivity contribution in [1.29, 1.82) is 0 Å². The third-order valence-electron chi connectivity index (χ3n) is 5.13. The van der Waals surface area contributed by atoms with Crippen molar-refractivity contribution >= 4 is 23.4 Å². The van der Waals surface area contributed by atoms with Crippen LogP contribution in [0.3, 0.4) is 0 Å². The molecule has 4 rings (SSSR count). The number of aryl methyl sites for hydroxylation is 1. The summed E-state index contributed by atoms with van der Waals surface area (Å²) in [5, 5.41) is 7.50. The molecule has 3 atom stereocenters. The van der Waals surface area contributed by atoms with E-state index in [9.17, 15) is 4.79 Å². The highest BCUT2D eigenvalue weighted by molar-refractivity contribution is 6.22. The van der Waals surface area contributed by atoms with Gasteiger partial charge in [0.2, 0.25) is 0 Å². The first kappa shape index (κ1) is 21.2. The molecule has 31 heavy (non-hydrogen) atoms. The van der Waals surface area contributed by atoms with E-state index in [-0.39, 0.29) is 17.6 Å². The summed E-state index contributed by atoms with van der Waals surface area (Å²) in [5.74, 6) is 0.716. The number of hydrazine groups is 1. The number of hydrogen-bond donors (Lipinski definition) is 3. The Morgan fingerprint density at radius 2 is 2.00 bits per heavy atom. The number of esters is 1. The molecule has 2 aromatic heterocycles. The molecule has 3 unspecified atom stereocenters. The van der Waals surface area contributed by atoms with Crippen molar-refractivity contribution in [3.05, 3.63) is 65.2 Å². The quantitative estimate of drug-likeness (QED) is 0.396. The predicted octanol–water partition coefficient (Wildman–Crippen LogP) is 2.65. The summed E-state index contributed by atoms with van der Waals surface area (Å²) in [6.45, 7) is 5.65. The third-order valence-corrected chi connectivity index (χ3v) is 5.64. The Morgan fingerprint density at radius 3 is 2.74 bits per heavy atom. The van der Waals surface area contributed by atoms with Gasteiger partial charge in [-0.25, -0.2) is 30.3 Å². The van der Waals surface area contributed by atoms with Crippen molar-refractivity contribution in [3.8, 4) is 5.82 Å². The number of nitrogens with zero attached hydrogens (tertiary/aromatic N) is 4. The molecule has 10 heteroatoms. The molecule has 0 saturated carbocycles. The highest BCUT2D eigenvalue weighted by Crippen LogP contribution is 2.28. The molecule has 1 aromatic carbocycles. The van der Waals surface area contributed by atoms with Gasteiger partial charge in [0.25, 0.3) is 0 Å². The van der Waals surface area contributed by atoms with Crippen molar-refractivity contribution in [2.45, 2.75) is 38.4 Å². The summed E-state index contributed by atoms with van der Waals surface area (Å²) in [6.07, 6.45) is 1.18. The number of aromatic nitrogens is 4.